The molecule has 0 unspecified atom stereocenters. The van der Waals surface area contributed by atoms with Gasteiger partial charge in [0.15, 0.2) is 26.3 Å². The number of hydrogen-bond acceptors (Lipinski definition) is 11. The molecule has 55 heavy (non-hydrogen) atoms. The Balaban J connectivity index is 1.13. The molecule has 4 heterocycles. The van der Waals surface area contributed by atoms with Crippen molar-refractivity contribution >= 4 is 53.3 Å². The molecule has 294 valence electrons. The predicted octanol–water partition coefficient (Wildman–Crippen LogP) is 1.87. The third-order valence-electron chi connectivity index (χ3n) is 11.6. The molecule has 3 aromatic carbocycles. The summed E-state index contributed by atoms with van der Waals surface area (Å²) in [4.78, 5) is 56.9. The van der Waals surface area contributed by atoms with E-state index in [9.17, 15) is 44.7 Å². The van der Waals surface area contributed by atoms with Crippen molar-refractivity contribution in [1.29, 1.82) is 0 Å². The Morgan fingerprint density at radius 1 is 0.982 bits per heavy atom. The summed E-state index contributed by atoms with van der Waals surface area (Å²) in [6.07, 6.45) is -9.17. The molecule has 1 spiro atoms. The number of amides is 3. The van der Waals surface area contributed by atoms with E-state index in [0.29, 0.717) is 35.5 Å². The normalized spacial score (nSPS) is 31.7. The number of halogens is 1. The summed E-state index contributed by atoms with van der Waals surface area (Å²) >= 11 is 3.57. The smallest absolute Gasteiger partial charge is 0.264 e. The Labute approximate surface area is 327 Å². The molecule has 4 aliphatic heterocycles. The number of nitrogens with zero attached hydrogens (tertiary/aromatic N) is 2. The fourth-order valence-corrected chi connectivity index (χ4v) is 11.8. The van der Waals surface area contributed by atoms with E-state index in [0.717, 1.165) is 15.6 Å². The maximum absolute atomic E-state index is 14.9. The molecule has 14 nitrogen and oxygen atoms in total. The first-order chi connectivity index (χ1) is 26.0. The van der Waals surface area contributed by atoms with Gasteiger partial charge in [0.25, 0.3) is 11.8 Å². The Morgan fingerprint density at radius 2 is 1.67 bits per heavy atom. The lowest BCUT2D eigenvalue weighted by Crippen LogP contribution is -2.60. The van der Waals surface area contributed by atoms with E-state index in [2.05, 4.69) is 21.2 Å². The number of fused-ring (bicyclic) bond motifs is 3. The largest absolute Gasteiger partial charge is 0.432 e. The van der Waals surface area contributed by atoms with Crippen LogP contribution in [-0.4, -0.2) is 111 Å². The Kier molecular flexibility index (Phi) is 10.9. The van der Waals surface area contributed by atoms with Crippen LogP contribution in [-0.2, 0) is 49.0 Å². The topological polar surface area (TPSA) is 210 Å². The summed E-state index contributed by atoms with van der Waals surface area (Å²) in [6.45, 7) is 5.78. The molecule has 0 bridgehead atoms. The molecule has 3 amide bonds. The zero-order chi connectivity index (χ0) is 39.6. The van der Waals surface area contributed by atoms with Gasteiger partial charge in [-0.25, -0.2) is 0 Å². The number of aliphatic hydroxyl groups excluding tert-OH is 5. The average Bonchev–Trinajstić information content (AvgIpc) is 3.57. The second kappa shape index (κ2) is 15.1. The molecule has 7 N–H and O–H groups in total. The molecule has 0 aliphatic carbocycles. The van der Waals surface area contributed by atoms with Gasteiger partial charge in [0.1, 0.15) is 18.3 Å². The highest BCUT2D eigenvalue weighted by atomic mass is 79.9. The van der Waals surface area contributed by atoms with Crippen LogP contribution in [0.2, 0.25) is 18.6 Å². The van der Waals surface area contributed by atoms with Crippen LogP contribution < -0.4 is 10.2 Å². The highest BCUT2D eigenvalue weighted by Crippen LogP contribution is 2.60. The summed E-state index contributed by atoms with van der Waals surface area (Å²) in [5.41, 5.74) is 2.38. The van der Waals surface area contributed by atoms with Crippen molar-refractivity contribution in [3.05, 3.63) is 93.5 Å². The molecule has 0 aromatic heterocycles. The summed E-state index contributed by atoms with van der Waals surface area (Å²) in [5, 5.41) is 52.6. The van der Waals surface area contributed by atoms with E-state index in [4.69, 9.17) is 9.47 Å². The number of benzene rings is 3. The van der Waals surface area contributed by atoms with Gasteiger partial charge in [0, 0.05) is 33.7 Å². The zero-order valence-electron chi connectivity index (χ0n) is 30.6. The first kappa shape index (κ1) is 39.7. The summed E-state index contributed by atoms with van der Waals surface area (Å²) in [7, 11) is -3.08. The minimum atomic E-state index is -3.08. The van der Waals surface area contributed by atoms with Crippen molar-refractivity contribution < 1.29 is 54.2 Å². The predicted molar refractivity (Wildman–Crippen MR) is 205 cm³/mol. The number of hydrogen-bond donors (Lipinski definition) is 7. The van der Waals surface area contributed by atoms with Gasteiger partial charge in [-0.1, -0.05) is 59.3 Å². The average molecular weight is 841 g/mol. The van der Waals surface area contributed by atoms with Crippen molar-refractivity contribution in [3.8, 4) is 0 Å². The highest BCUT2D eigenvalue weighted by Gasteiger charge is 2.66. The first-order valence-electron chi connectivity index (χ1n) is 18.3. The van der Waals surface area contributed by atoms with Crippen LogP contribution in [0.3, 0.4) is 0 Å². The zero-order valence-corrected chi connectivity index (χ0v) is 33.2. The second-order valence-electron chi connectivity index (χ2n) is 15.6. The molecule has 2 fully saturated rings. The SMILES string of the molecule is C[C@@H]1[C@@H]([Si](C)(C)O)[C@H](CC(=O)N2Cc3ccccc3C[C@H]2CO)O[C@@]12C(=O)N(Cc1ccc(NC(=O)[C@H]3O[C@@H](O)[C@H](O)[C@@H](O)[C@@H]3O)cc1)c1ccc(Br)cc12. The van der Waals surface area contributed by atoms with Crippen molar-refractivity contribution in [3.63, 3.8) is 0 Å². The standard InChI is InChI=1S/C39H46BrN3O11Si/c1-20-35(55(2,3)52)29(16-30(45)42-18-23-7-5-4-6-22(23)14-26(42)19-44)54-39(20)27-15-24(40)10-13-28(27)43(38(39)51)17-21-8-11-25(12-9-21)41-36(49)34-32(47)31(46)33(48)37(50)53-34/h4-13,15,20,26,29,31-35,37,44,46-48,50,52H,14,16-19H2,1-3H3,(H,41,49)/t20-,26+,29+,31+,32+,33-,34+,35-,37-,39+/m1/s1. The van der Waals surface area contributed by atoms with Gasteiger partial charge >= 0.3 is 0 Å². The Hall–Kier alpha value is -3.55. The van der Waals surface area contributed by atoms with E-state index in [1.807, 2.05) is 49.4 Å². The quantitative estimate of drug-likeness (QED) is 0.163. The van der Waals surface area contributed by atoms with Crippen molar-refractivity contribution in [1.82, 2.24) is 4.90 Å². The fourth-order valence-electron chi connectivity index (χ4n) is 8.91. The highest BCUT2D eigenvalue weighted by molar-refractivity contribution is 9.10. The van der Waals surface area contributed by atoms with Crippen LogP contribution >= 0.6 is 15.9 Å². The second-order valence-corrected chi connectivity index (χ2v) is 20.4. The fraction of sp³-hybridized carbons (Fsp3) is 0.462. The number of carbonyl (C=O) groups excluding carboxylic acids is 3. The summed E-state index contributed by atoms with van der Waals surface area (Å²) in [5.74, 6) is -1.90. The Bertz CT molecular complexity index is 1960. The van der Waals surface area contributed by atoms with Crippen LogP contribution in [0.1, 0.15) is 35.6 Å². The van der Waals surface area contributed by atoms with Crippen molar-refractivity contribution in [2.75, 3.05) is 16.8 Å². The number of rotatable bonds is 8. The van der Waals surface area contributed by atoms with Gasteiger partial charge in [-0.15, -0.1) is 0 Å². The Morgan fingerprint density at radius 3 is 2.35 bits per heavy atom. The summed E-state index contributed by atoms with van der Waals surface area (Å²) < 4.78 is 12.7. The molecule has 0 saturated carbocycles. The third-order valence-corrected chi connectivity index (χ3v) is 14.6. The van der Waals surface area contributed by atoms with Gasteiger partial charge < -0.3 is 54.9 Å². The van der Waals surface area contributed by atoms with Crippen LogP contribution in [0.25, 0.3) is 0 Å². The molecule has 2 saturated heterocycles. The van der Waals surface area contributed by atoms with Gasteiger partial charge in [-0.3, -0.25) is 14.4 Å². The van der Waals surface area contributed by atoms with Crippen LogP contribution in [0.4, 0.5) is 11.4 Å². The molecule has 4 aliphatic rings. The van der Waals surface area contributed by atoms with Crippen molar-refractivity contribution in [2.45, 2.75) is 99.9 Å². The minimum Gasteiger partial charge on any atom is -0.432 e. The number of carbonyl (C=O) groups is 3. The van der Waals surface area contributed by atoms with Gasteiger partial charge in [-0.05, 0) is 66.5 Å². The molecule has 16 heteroatoms. The van der Waals surface area contributed by atoms with Gasteiger partial charge in [-0.2, -0.15) is 0 Å². The van der Waals surface area contributed by atoms with Crippen molar-refractivity contribution in [2.24, 2.45) is 5.92 Å². The molecular weight excluding hydrogens is 794 g/mol. The monoisotopic (exact) mass is 839 g/mol. The number of ether oxygens (including phenoxy) is 2. The van der Waals surface area contributed by atoms with E-state index >= 15 is 0 Å². The molecule has 7 rings (SSSR count). The number of anilines is 2. The maximum Gasteiger partial charge on any atom is 0.264 e. The van der Waals surface area contributed by atoms with E-state index in [1.54, 1.807) is 47.2 Å². The maximum atomic E-state index is 14.9. The summed E-state index contributed by atoms with van der Waals surface area (Å²) in [6, 6.07) is 19.6. The number of aliphatic hydroxyl groups is 5. The molecule has 0 radical (unpaired) electrons. The lowest BCUT2D eigenvalue weighted by Gasteiger charge is -2.37. The van der Waals surface area contributed by atoms with Crippen LogP contribution in [0.15, 0.2) is 71.2 Å². The van der Waals surface area contributed by atoms with E-state index < -0.39 is 74.1 Å². The molecular formula is C39H46BrN3O11Si. The molecule has 10 atom stereocenters. The lowest BCUT2D eigenvalue weighted by atomic mass is 9.82. The third kappa shape index (κ3) is 7.07. The minimum absolute atomic E-state index is 0.0718. The van der Waals surface area contributed by atoms with E-state index in [-0.39, 0.29) is 31.4 Å². The molecule has 3 aromatic rings. The lowest BCUT2D eigenvalue weighted by molar-refractivity contribution is -0.274. The van der Waals surface area contributed by atoms with Gasteiger partial charge in [0.2, 0.25) is 5.91 Å². The first-order valence-corrected chi connectivity index (χ1v) is 22.1. The van der Waals surface area contributed by atoms with E-state index in [1.165, 1.54) is 0 Å². The van der Waals surface area contributed by atoms with Crippen LogP contribution in [0, 0.1) is 5.92 Å². The van der Waals surface area contributed by atoms with Gasteiger partial charge in [0.05, 0.1) is 37.4 Å². The number of nitrogens with one attached hydrogen (secondary N) is 1. The van der Waals surface area contributed by atoms with Crippen LogP contribution in [0.5, 0.6) is 0 Å².